The topological polar surface area (TPSA) is 21.3 Å². The Morgan fingerprint density at radius 1 is 1.06 bits per heavy atom. The van der Waals surface area contributed by atoms with Crippen molar-refractivity contribution in [2.24, 2.45) is 5.92 Å². The Kier molecular flexibility index (Phi) is 4.26. The summed E-state index contributed by atoms with van der Waals surface area (Å²) in [5, 5.41) is 3.84. The molecule has 1 saturated carbocycles. The van der Waals surface area contributed by atoms with Crippen molar-refractivity contribution in [1.29, 1.82) is 0 Å². The van der Waals surface area contributed by atoms with Crippen LogP contribution in [0.3, 0.4) is 0 Å². The Labute approximate surface area is 100 Å². The van der Waals surface area contributed by atoms with Gasteiger partial charge in [-0.05, 0) is 52.4 Å². The molecule has 2 heteroatoms. The zero-order chi connectivity index (χ0) is 11.5. The van der Waals surface area contributed by atoms with Crippen LogP contribution in [0.1, 0.15) is 59.3 Å². The molecule has 0 bridgehead atoms. The minimum Gasteiger partial charge on any atom is -0.375 e. The van der Waals surface area contributed by atoms with Crippen LogP contribution in [0.25, 0.3) is 0 Å². The highest BCUT2D eigenvalue weighted by Gasteiger charge is 2.28. The SMILES string of the molecule is CC1CC(N[C@H](C)C2CCCC2)CC(C)O1. The Morgan fingerprint density at radius 2 is 1.62 bits per heavy atom. The van der Waals surface area contributed by atoms with E-state index < -0.39 is 0 Å². The summed E-state index contributed by atoms with van der Waals surface area (Å²) in [6.07, 6.45) is 8.97. The first-order valence-electron chi connectivity index (χ1n) is 7.06. The van der Waals surface area contributed by atoms with Gasteiger partial charge in [-0.15, -0.1) is 0 Å². The molecule has 1 N–H and O–H groups in total. The van der Waals surface area contributed by atoms with E-state index >= 15 is 0 Å². The predicted octanol–water partition coefficient (Wildman–Crippen LogP) is 3.11. The molecule has 0 aromatic carbocycles. The van der Waals surface area contributed by atoms with Crippen molar-refractivity contribution in [2.45, 2.75) is 83.6 Å². The predicted molar refractivity (Wildman–Crippen MR) is 67.6 cm³/mol. The lowest BCUT2D eigenvalue weighted by atomic mass is 9.95. The minimum absolute atomic E-state index is 0.428. The van der Waals surface area contributed by atoms with E-state index in [0.29, 0.717) is 24.3 Å². The Morgan fingerprint density at radius 3 is 2.19 bits per heavy atom. The molecule has 1 aliphatic heterocycles. The highest BCUT2D eigenvalue weighted by molar-refractivity contribution is 4.84. The maximum Gasteiger partial charge on any atom is 0.0565 e. The molecule has 2 unspecified atom stereocenters. The molecule has 1 aliphatic carbocycles. The van der Waals surface area contributed by atoms with E-state index in [1.165, 1.54) is 38.5 Å². The van der Waals surface area contributed by atoms with Gasteiger partial charge in [0.25, 0.3) is 0 Å². The third kappa shape index (κ3) is 3.21. The van der Waals surface area contributed by atoms with E-state index in [-0.39, 0.29) is 0 Å². The Balaban J connectivity index is 1.79. The maximum atomic E-state index is 5.78. The van der Waals surface area contributed by atoms with Crippen LogP contribution in [-0.4, -0.2) is 24.3 Å². The quantitative estimate of drug-likeness (QED) is 0.797. The second-order valence-corrected chi connectivity index (χ2v) is 5.93. The highest BCUT2D eigenvalue weighted by Crippen LogP contribution is 2.29. The van der Waals surface area contributed by atoms with E-state index in [0.717, 1.165) is 5.92 Å². The van der Waals surface area contributed by atoms with Gasteiger partial charge in [0, 0.05) is 12.1 Å². The maximum absolute atomic E-state index is 5.78. The lowest BCUT2D eigenvalue weighted by molar-refractivity contribution is -0.0441. The molecular weight excluding hydrogens is 198 g/mol. The zero-order valence-electron chi connectivity index (χ0n) is 11.0. The van der Waals surface area contributed by atoms with Gasteiger partial charge in [0.1, 0.15) is 0 Å². The second kappa shape index (κ2) is 5.50. The molecule has 0 spiro atoms. The van der Waals surface area contributed by atoms with E-state index in [2.05, 4.69) is 26.1 Å². The van der Waals surface area contributed by atoms with Gasteiger partial charge in [0.2, 0.25) is 0 Å². The third-order valence-electron chi connectivity index (χ3n) is 4.30. The summed E-state index contributed by atoms with van der Waals surface area (Å²) in [6, 6.07) is 1.37. The molecule has 3 atom stereocenters. The summed E-state index contributed by atoms with van der Waals surface area (Å²) < 4.78 is 5.78. The van der Waals surface area contributed by atoms with Crippen molar-refractivity contribution >= 4 is 0 Å². The van der Waals surface area contributed by atoms with E-state index in [1.54, 1.807) is 0 Å². The molecule has 0 aromatic rings. The molecule has 2 rings (SSSR count). The average Bonchev–Trinajstić information content (AvgIpc) is 2.68. The molecule has 2 fully saturated rings. The molecule has 0 amide bonds. The smallest absolute Gasteiger partial charge is 0.0565 e. The fraction of sp³-hybridized carbons (Fsp3) is 1.00. The zero-order valence-corrected chi connectivity index (χ0v) is 11.0. The molecule has 2 nitrogen and oxygen atoms in total. The third-order valence-corrected chi connectivity index (χ3v) is 4.30. The summed E-state index contributed by atoms with van der Waals surface area (Å²) in [7, 11) is 0. The van der Waals surface area contributed by atoms with E-state index in [9.17, 15) is 0 Å². The van der Waals surface area contributed by atoms with Gasteiger partial charge >= 0.3 is 0 Å². The molecule has 94 valence electrons. The van der Waals surface area contributed by atoms with Crippen LogP contribution in [0.15, 0.2) is 0 Å². The van der Waals surface area contributed by atoms with Crippen LogP contribution >= 0.6 is 0 Å². The molecule has 1 heterocycles. The fourth-order valence-corrected chi connectivity index (χ4v) is 3.51. The van der Waals surface area contributed by atoms with Gasteiger partial charge in [0.15, 0.2) is 0 Å². The standard InChI is InChI=1S/C14H27NO/c1-10-8-14(9-11(2)16-10)15-12(3)13-6-4-5-7-13/h10-15H,4-9H2,1-3H3/t10?,11?,12-,14?/m1/s1. The second-order valence-electron chi connectivity index (χ2n) is 5.93. The lowest BCUT2D eigenvalue weighted by Crippen LogP contribution is -2.46. The van der Waals surface area contributed by atoms with Crippen molar-refractivity contribution in [3.8, 4) is 0 Å². The summed E-state index contributed by atoms with van der Waals surface area (Å²) in [4.78, 5) is 0. The molecule has 0 aromatic heterocycles. The van der Waals surface area contributed by atoms with Crippen molar-refractivity contribution in [3.05, 3.63) is 0 Å². The number of ether oxygens (including phenoxy) is 1. The largest absolute Gasteiger partial charge is 0.375 e. The van der Waals surface area contributed by atoms with Crippen LogP contribution < -0.4 is 5.32 Å². The van der Waals surface area contributed by atoms with Crippen LogP contribution in [0.2, 0.25) is 0 Å². The van der Waals surface area contributed by atoms with Gasteiger partial charge in [0.05, 0.1) is 12.2 Å². The van der Waals surface area contributed by atoms with Gasteiger partial charge in [-0.3, -0.25) is 0 Å². The molecule has 2 aliphatic rings. The lowest BCUT2D eigenvalue weighted by Gasteiger charge is -2.35. The molecular formula is C14H27NO. The van der Waals surface area contributed by atoms with Gasteiger partial charge in [-0.1, -0.05) is 12.8 Å². The van der Waals surface area contributed by atoms with Crippen LogP contribution in [0.5, 0.6) is 0 Å². The van der Waals surface area contributed by atoms with Crippen molar-refractivity contribution < 1.29 is 4.74 Å². The van der Waals surface area contributed by atoms with E-state index in [1.807, 2.05) is 0 Å². The van der Waals surface area contributed by atoms with Gasteiger partial charge in [-0.2, -0.15) is 0 Å². The van der Waals surface area contributed by atoms with Gasteiger partial charge in [-0.25, -0.2) is 0 Å². The Bertz CT molecular complexity index is 203. The van der Waals surface area contributed by atoms with Crippen molar-refractivity contribution in [1.82, 2.24) is 5.32 Å². The number of nitrogens with one attached hydrogen (secondary N) is 1. The van der Waals surface area contributed by atoms with Crippen LogP contribution in [-0.2, 0) is 4.74 Å². The fourth-order valence-electron chi connectivity index (χ4n) is 3.51. The first-order chi connectivity index (χ1) is 7.65. The van der Waals surface area contributed by atoms with E-state index in [4.69, 9.17) is 4.74 Å². The number of rotatable bonds is 3. The number of hydrogen-bond acceptors (Lipinski definition) is 2. The number of hydrogen-bond donors (Lipinski definition) is 1. The normalized spacial score (nSPS) is 38.8. The Hall–Kier alpha value is -0.0800. The summed E-state index contributed by atoms with van der Waals surface area (Å²) >= 11 is 0. The summed E-state index contributed by atoms with van der Waals surface area (Å²) in [6.45, 7) is 6.77. The molecule has 1 saturated heterocycles. The first kappa shape index (κ1) is 12.4. The van der Waals surface area contributed by atoms with Crippen molar-refractivity contribution in [3.63, 3.8) is 0 Å². The van der Waals surface area contributed by atoms with Crippen LogP contribution in [0.4, 0.5) is 0 Å². The highest BCUT2D eigenvalue weighted by atomic mass is 16.5. The average molecular weight is 225 g/mol. The van der Waals surface area contributed by atoms with Crippen molar-refractivity contribution in [2.75, 3.05) is 0 Å². The molecule has 16 heavy (non-hydrogen) atoms. The monoisotopic (exact) mass is 225 g/mol. The van der Waals surface area contributed by atoms with Crippen LogP contribution in [0, 0.1) is 5.92 Å². The first-order valence-corrected chi connectivity index (χ1v) is 7.06. The van der Waals surface area contributed by atoms with Gasteiger partial charge < -0.3 is 10.1 Å². The molecule has 0 radical (unpaired) electrons. The summed E-state index contributed by atoms with van der Waals surface area (Å²) in [5.74, 6) is 0.924. The summed E-state index contributed by atoms with van der Waals surface area (Å²) in [5.41, 5.74) is 0. The minimum atomic E-state index is 0.428.